The highest BCUT2D eigenvalue weighted by Gasteiger charge is 2.13. The van der Waals surface area contributed by atoms with Crippen LogP contribution in [0.5, 0.6) is 0 Å². The third-order valence-electron chi connectivity index (χ3n) is 2.46. The smallest absolute Gasteiger partial charge is 0.355 e. The van der Waals surface area contributed by atoms with Crippen molar-refractivity contribution in [3.8, 4) is 0 Å². The molecule has 0 aliphatic heterocycles. The Hall–Kier alpha value is -2.83. The maximum Gasteiger partial charge on any atom is 0.355 e. The Bertz CT molecular complexity index is 640. The second-order valence-electron chi connectivity index (χ2n) is 4.10. The number of anilines is 2. The SMILES string of the molecule is CCOC(=O)/C=C(\Nc1ccc(N)c(=O)cc1)C(=O)OCC. The highest BCUT2D eigenvalue weighted by atomic mass is 16.5. The Morgan fingerprint density at radius 3 is 2.41 bits per heavy atom. The molecule has 0 amide bonds. The maximum absolute atomic E-state index is 11.9. The fourth-order valence-corrected chi connectivity index (χ4v) is 1.47. The van der Waals surface area contributed by atoms with Gasteiger partial charge in [0, 0.05) is 5.69 Å². The Labute approximate surface area is 127 Å². The summed E-state index contributed by atoms with van der Waals surface area (Å²) in [5.41, 5.74) is 5.53. The molecule has 0 aliphatic carbocycles. The van der Waals surface area contributed by atoms with Crippen molar-refractivity contribution in [2.45, 2.75) is 13.8 Å². The quantitative estimate of drug-likeness (QED) is 0.597. The number of esters is 2. The first-order chi connectivity index (χ1) is 10.5. The highest BCUT2D eigenvalue weighted by molar-refractivity contribution is 5.98. The van der Waals surface area contributed by atoms with Crippen LogP contribution in [0.15, 0.2) is 40.8 Å². The molecule has 0 aliphatic rings. The van der Waals surface area contributed by atoms with E-state index in [9.17, 15) is 14.4 Å². The molecule has 1 aromatic rings. The Morgan fingerprint density at radius 2 is 1.77 bits per heavy atom. The number of nitrogen functional groups attached to an aromatic ring is 1. The lowest BCUT2D eigenvalue weighted by molar-refractivity contribution is -0.140. The van der Waals surface area contributed by atoms with Gasteiger partial charge in [-0.1, -0.05) is 0 Å². The van der Waals surface area contributed by atoms with Crippen LogP contribution >= 0.6 is 0 Å². The topological polar surface area (TPSA) is 108 Å². The van der Waals surface area contributed by atoms with Gasteiger partial charge in [0.25, 0.3) is 0 Å². The minimum atomic E-state index is -0.711. The minimum Gasteiger partial charge on any atom is -0.463 e. The third kappa shape index (κ3) is 5.28. The standard InChI is InChI=1S/C15H18N2O5/c1-3-21-14(19)9-12(15(20)22-4-2)17-10-5-7-11(16)13(18)8-6-10/h5-9,17H,3-4H2,1-2H3,(H2,16,18)/b12-9-. The van der Waals surface area contributed by atoms with Crippen LogP contribution in [-0.2, 0) is 19.1 Å². The van der Waals surface area contributed by atoms with E-state index in [1.165, 1.54) is 24.3 Å². The van der Waals surface area contributed by atoms with E-state index >= 15 is 0 Å². The van der Waals surface area contributed by atoms with Gasteiger partial charge >= 0.3 is 11.9 Å². The van der Waals surface area contributed by atoms with Crippen molar-refractivity contribution in [2.75, 3.05) is 24.3 Å². The van der Waals surface area contributed by atoms with Gasteiger partial charge in [0.05, 0.1) is 25.0 Å². The number of nitrogens with one attached hydrogen (secondary N) is 1. The van der Waals surface area contributed by atoms with E-state index in [0.717, 1.165) is 6.08 Å². The molecule has 3 N–H and O–H groups in total. The third-order valence-corrected chi connectivity index (χ3v) is 2.46. The van der Waals surface area contributed by atoms with Crippen LogP contribution < -0.4 is 16.5 Å². The molecular formula is C15H18N2O5. The lowest BCUT2D eigenvalue weighted by atomic mass is 10.3. The zero-order chi connectivity index (χ0) is 16.5. The number of hydrogen-bond acceptors (Lipinski definition) is 7. The molecule has 7 heteroatoms. The molecule has 0 saturated heterocycles. The summed E-state index contributed by atoms with van der Waals surface area (Å²) >= 11 is 0. The van der Waals surface area contributed by atoms with Crippen LogP contribution in [0.4, 0.5) is 11.4 Å². The van der Waals surface area contributed by atoms with E-state index in [1.54, 1.807) is 13.8 Å². The number of carbonyl (C=O) groups is 2. The molecule has 0 saturated carbocycles. The largest absolute Gasteiger partial charge is 0.463 e. The lowest BCUT2D eigenvalue weighted by Gasteiger charge is -2.09. The summed E-state index contributed by atoms with van der Waals surface area (Å²) in [5.74, 6) is -1.39. The van der Waals surface area contributed by atoms with Crippen LogP contribution in [0.1, 0.15) is 13.8 Å². The predicted octanol–water partition coefficient (Wildman–Crippen LogP) is 1.05. The molecule has 0 radical (unpaired) electrons. The number of hydrogen-bond donors (Lipinski definition) is 2. The van der Waals surface area contributed by atoms with Crippen molar-refractivity contribution in [1.82, 2.24) is 0 Å². The van der Waals surface area contributed by atoms with Crippen LogP contribution in [0.3, 0.4) is 0 Å². The molecule has 0 bridgehead atoms. The van der Waals surface area contributed by atoms with Gasteiger partial charge < -0.3 is 20.5 Å². The van der Waals surface area contributed by atoms with Crippen molar-refractivity contribution < 1.29 is 19.1 Å². The van der Waals surface area contributed by atoms with Gasteiger partial charge in [0.15, 0.2) is 0 Å². The second-order valence-corrected chi connectivity index (χ2v) is 4.10. The summed E-state index contributed by atoms with van der Waals surface area (Å²) < 4.78 is 9.62. The molecule has 0 unspecified atom stereocenters. The normalized spacial score (nSPS) is 10.7. The average Bonchev–Trinajstić information content (AvgIpc) is 2.62. The van der Waals surface area contributed by atoms with Gasteiger partial charge in [-0.25, -0.2) is 9.59 Å². The molecule has 0 spiro atoms. The minimum absolute atomic E-state index is 0.0695. The molecule has 0 aromatic heterocycles. The lowest BCUT2D eigenvalue weighted by Crippen LogP contribution is -2.17. The molecule has 1 rings (SSSR count). The fraction of sp³-hybridized carbons (Fsp3) is 0.267. The summed E-state index contributed by atoms with van der Waals surface area (Å²) in [5, 5.41) is 2.72. The molecule has 0 fully saturated rings. The van der Waals surface area contributed by atoms with Crippen molar-refractivity contribution in [3.63, 3.8) is 0 Å². The van der Waals surface area contributed by atoms with Crippen molar-refractivity contribution in [3.05, 3.63) is 46.3 Å². The summed E-state index contributed by atoms with van der Waals surface area (Å²) in [7, 11) is 0. The molecule has 1 aromatic carbocycles. The first-order valence-electron chi connectivity index (χ1n) is 6.70. The van der Waals surface area contributed by atoms with Gasteiger partial charge in [-0.15, -0.1) is 0 Å². The van der Waals surface area contributed by atoms with E-state index in [-0.39, 0.29) is 30.0 Å². The van der Waals surface area contributed by atoms with Gasteiger partial charge in [0.1, 0.15) is 5.70 Å². The van der Waals surface area contributed by atoms with E-state index in [0.29, 0.717) is 5.69 Å². The molecular weight excluding hydrogens is 288 g/mol. The van der Waals surface area contributed by atoms with Gasteiger partial charge in [-0.2, -0.15) is 0 Å². The molecule has 22 heavy (non-hydrogen) atoms. The zero-order valence-electron chi connectivity index (χ0n) is 12.4. The van der Waals surface area contributed by atoms with E-state index in [4.69, 9.17) is 15.2 Å². The first-order valence-corrected chi connectivity index (χ1v) is 6.70. The zero-order valence-corrected chi connectivity index (χ0v) is 12.4. The molecule has 0 heterocycles. The predicted molar refractivity (Wildman–Crippen MR) is 82.1 cm³/mol. The van der Waals surface area contributed by atoms with Crippen LogP contribution in [-0.4, -0.2) is 25.2 Å². The summed E-state index contributed by atoms with van der Waals surface area (Å²) in [4.78, 5) is 34.8. The van der Waals surface area contributed by atoms with Crippen LogP contribution in [0, 0.1) is 0 Å². The summed E-state index contributed by atoms with van der Waals surface area (Å²) in [6.45, 7) is 3.63. The number of rotatable bonds is 6. The number of ether oxygens (including phenoxy) is 2. The Balaban J connectivity index is 3.08. The highest BCUT2D eigenvalue weighted by Crippen LogP contribution is 2.10. The number of carbonyl (C=O) groups excluding carboxylic acids is 2. The fourth-order valence-electron chi connectivity index (χ4n) is 1.47. The van der Waals surface area contributed by atoms with E-state index in [1.807, 2.05) is 0 Å². The van der Waals surface area contributed by atoms with Crippen molar-refractivity contribution >= 4 is 23.3 Å². The average molecular weight is 306 g/mol. The second kappa shape index (κ2) is 8.46. The van der Waals surface area contributed by atoms with Gasteiger partial charge in [-0.05, 0) is 38.1 Å². The number of nitrogens with two attached hydrogens (primary N) is 1. The summed E-state index contributed by atoms with van der Waals surface area (Å²) in [6, 6.07) is 5.61. The van der Waals surface area contributed by atoms with E-state index in [2.05, 4.69) is 5.32 Å². The van der Waals surface area contributed by atoms with Gasteiger partial charge in [-0.3, -0.25) is 4.79 Å². The van der Waals surface area contributed by atoms with Crippen molar-refractivity contribution in [2.24, 2.45) is 0 Å². The monoisotopic (exact) mass is 306 g/mol. The maximum atomic E-state index is 11.9. The molecule has 7 nitrogen and oxygen atoms in total. The Morgan fingerprint density at radius 1 is 1.14 bits per heavy atom. The van der Waals surface area contributed by atoms with Crippen LogP contribution in [0.2, 0.25) is 0 Å². The molecule has 118 valence electrons. The van der Waals surface area contributed by atoms with Crippen molar-refractivity contribution in [1.29, 1.82) is 0 Å². The first kappa shape index (κ1) is 17.2. The van der Waals surface area contributed by atoms with Gasteiger partial charge in [0.2, 0.25) is 5.43 Å². The van der Waals surface area contributed by atoms with E-state index < -0.39 is 11.9 Å². The summed E-state index contributed by atoms with van der Waals surface area (Å²) in [6.07, 6.45) is 0.996. The Kier molecular flexibility index (Phi) is 6.62. The molecule has 0 atom stereocenters. The van der Waals surface area contributed by atoms with Crippen LogP contribution in [0.25, 0.3) is 0 Å².